The Hall–Kier alpha value is -3.24. The second kappa shape index (κ2) is 9.94. The summed E-state index contributed by atoms with van der Waals surface area (Å²) in [5, 5.41) is 0. The Morgan fingerprint density at radius 3 is 2.65 bits per heavy atom. The minimum atomic E-state index is -0.777. The smallest absolute Gasteiger partial charge is 0.338 e. The standard InChI is InChI=1S/C24H22BrN3O5S/c1-5-33-23(30)20-13(2)27-24-28(22(29)19(34-24)9-14-7-6-8-26-12-14)21(20)15-10-17(31-3)18(32-4)11-16(15)25/h6-12,21H,5H2,1-4H3/b19-9-/t21-/m1/s1. The van der Waals surface area contributed by atoms with E-state index in [9.17, 15) is 9.59 Å². The molecule has 2 aromatic heterocycles. The van der Waals surface area contributed by atoms with Crippen LogP contribution in [0.4, 0.5) is 0 Å². The van der Waals surface area contributed by atoms with Crippen LogP contribution in [0.1, 0.15) is 31.0 Å². The van der Waals surface area contributed by atoms with Crippen molar-refractivity contribution in [3.05, 3.63) is 83.2 Å². The van der Waals surface area contributed by atoms with Crippen molar-refractivity contribution in [2.24, 2.45) is 4.99 Å². The largest absolute Gasteiger partial charge is 0.493 e. The van der Waals surface area contributed by atoms with Crippen LogP contribution >= 0.6 is 27.3 Å². The summed E-state index contributed by atoms with van der Waals surface area (Å²) >= 11 is 4.84. The molecule has 0 spiro atoms. The number of halogens is 1. The number of rotatable bonds is 6. The van der Waals surface area contributed by atoms with Gasteiger partial charge in [0.2, 0.25) is 0 Å². The highest BCUT2D eigenvalue weighted by Gasteiger charge is 2.35. The molecule has 1 aliphatic rings. The molecule has 1 aromatic carbocycles. The Kier molecular flexibility index (Phi) is 6.99. The van der Waals surface area contributed by atoms with Gasteiger partial charge in [0.05, 0.1) is 42.7 Å². The fourth-order valence-corrected chi connectivity index (χ4v) is 5.36. The van der Waals surface area contributed by atoms with Crippen molar-refractivity contribution in [2.75, 3.05) is 20.8 Å². The maximum Gasteiger partial charge on any atom is 0.338 e. The number of methoxy groups -OCH3 is 2. The zero-order valence-corrected chi connectivity index (χ0v) is 21.4. The molecule has 0 saturated carbocycles. The van der Waals surface area contributed by atoms with Crippen molar-refractivity contribution in [3.8, 4) is 11.5 Å². The first-order chi connectivity index (χ1) is 16.4. The molecule has 3 heterocycles. The third kappa shape index (κ3) is 4.30. The molecule has 10 heteroatoms. The molecule has 1 aliphatic heterocycles. The molecule has 1 atom stereocenters. The molecule has 8 nitrogen and oxygen atoms in total. The molecule has 0 bridgehead atoms. The van der Waals surface area contributed by atoms with Gasteiger partial charge in [-0.2, -0.15) is 0 Å². The number of aromatic nitrogens is 2. The van der Waals surface area contributed by atoms with Crippen LogP contribution in [0.3, 0.4) is 0 Å². The molecule has 0 aliphatic carbocycles. The molecule has 3 aromatic rings. The zero-order valence-electron chi connectivity index (χ0n) is 19.0. The topological polar surface area (TPSA) is 92.0 Å². The van der Waals surface area contributed by atoms with E-state index < -0.39 is 12.0 Å². The quantitative estimate of drug-likeness (QED) is 0.444. The van der Waals surface area contributed by atoms with E-state index in [1.807, 2.05) is 6.07 Å². The number of pyridine rings is 1. The Morgan fingerprint density at radius 2 is 2.00 bits per heavy atom. The van der Waals surface area contributed by atoms with Gasteiger partial charge in [-0.05, 0) is 49.2 Å². The van der Waals surface area contributed by atoms with Gasteiger partial charge in [0.1, 0.15) is 0 Å². The van der Waals surface area contributed by atoms with Crippen molar-refractivity contribution < 1.29 is 19.0 Å². The molecule has 0 amide bonds. The number of fused-ring (bicyclic) bond motifs is 1. The summed E-state index contributed by atoms with van der Waals surface area (Å²) in [6.07, 6.45) is 5.11. The number of carbonyl (C=O) groups is 1. The summed E-state index contributed by atoms with van der Waals surface area (Å²) < 4.78 is 18.9. The van der Waals surface area contributed by atoms with Crippen molar-refractivity contribution in [3.63, 3.8) is 0 Å². The van der Waals surface area contributed by atoms with Crippen LogP contribution < -0.4 is 24.4 Å². The number of allylic oxidation sites excluding steroid dienone is 1. The average Bonchev–Trinajstić information content (AvgIpc) is 3.13. The fourth-order valence-electron chi connectivity index (χ4n) is 3.78. The Labute approximate surface area is 208 Å². The molecular weight excluding hydrogens is 522 g/mol. The SMILES string of the molecule is CCOC(=O)C1=C(C)N=c2s/c(=C\c3cccnc3)c(=O)n2[C@@H]1c1cc(OC)c(OC)cc1Br. The minimum Gasteiger partial charge on any atom is -0.493 e. The predicted octanol–water partition coefficient (Wildman–Crippen LogP) is 2.97. The van der Waals surface area contributed by atoms with Crippen LogP contribution in [0.15, 0.2) is 62.2 Å². The van der Waals surface area contributed by atoms with E-state index in [-0.39, 0.29) is 17.7 Å². The number of hydrogen-bond acceptors (Lipinski definition) is 8. The summed E-state index contributed by atoms with van der Waals surface area (Å²) in [6.45, 7) is 3.67. The molecule has 0 unspecified atom stereocenters. The van der Waals surface area contributed by atoms with Gasteiger partial charge in [0.25, 0.3) is 5.56 Å². The third-order valence-electron chi connectivity index (χ3n) is 5.30. The first-order valence-corrected chi connectivity index (χ1v) is 12.0. The average molecular weight is 544 g/mol. The van der Waals surface area contributed by atoms with E-state index in [0.29, 0.717) is 36.6 Å². The van der Waals surface area contributed by atoms with Gasteiger partial charge in [-0.25, -0.2) is 9.79 Å². The molecule has 0 fully saturated rings. The number of benzene rings is 1. The maximum atomic E-state index is 13.6. The highest BCUT2D eigenvalue weighted by Crippen LogP contribution is 2.40. The van der Waals surface area contributed by atoms with Crippen molar-refractivity contribution in [1.82, 2.24) is 9.55 Å². The lowest BCUT2D eigenvalue weighted by molar-refractivity contribution is -0.139. The lowest BCUT2D eigenvalue weighted by Gasteiger charge is -2.26. The minimum absolute atomic E-state index is 0.195. The lowest BCUT2D eigenvalue weighted by atomic mass is 9.95. The molecule has 176 valence electrons. The molecule has 0 radical (unpaired) electrons. The number of esters is 1. The molecule has 4 rings (SSSR count). The second-order valence-electron chi connectivity index (χ2n) is 7.32. The molecular formula is C24H22BrN3O5S. The van der Waals surface area contributed by atoms with Crippen molar-refractivity contribution >= 4 is 39.3 Å². The highest BCUT2D eigenvalue weighted by molar-refractivity contribution is 9.10. The molecule has 34 heavy (non-hydrogen) atoms. The normalized spacial score (nSPS) is 15.6. The number of thiazole rings is 1. The number of hydrogen-bond donors (Lipinski definition) is 0. The highest BCUT2D eigenvalue weighted by atomic mass is 79.9. The summed E-state index contributed by atoms with van der Waals surface area (Å²) in [6, 6.07) is 6.39. The van der Waals surface area contributed by atoms with E-state index in [1.54, 1.807) is 57.6 Å². The first kappa shape index (κ1) is 23.9. The predicted molar refractivity (Wildman–Crippen MR) is 132 cm³/mol. The third-order valence-corrected chi connectivity index (χ3v) is 6.97. The van der Waals surface area contributed by atoms with E-state index in [4.69, 9.17) is 14.2 Å². The fraction of sp³-hybridized carbons (Fsp3) is 0.250. The van der Waals surface area contributed by atoms with Crippen LogP contribution in [0, 0.1) is 0 Å². The van der Waals surface area contributed by atoms with Gasteiger partial charge in [-0.1, -0.05) is 33.3 Å². The van der Waals surface area contributed by atoms with Crippen molar-refractivity contribution in [2.45, 2.75) is 19.9 Å². The van der Waals surface area contributed by atoms with E-state index in [1.165, 1.54) is 23.0 Å². The Balaban J connectivity index is 2.02. The Morgan fingerprint density at radius 1 is 1.26 bits per heavy atom. The summed E-state index contributed by atoms with van der Waals surface area (Å²) in [5.74, 6) is 0.452. The number of ether oxygens (including phenoxy) is 3. The van der Waals surface area contributed by atoms with Crippen molar-refractivity contribution in [1.29, 1.82) is 0 Å². The summed E-state index contributed by atoms with van der Waals surface area (Å²) in [5.41, 5.74) is 1.94. The van der Waals surface area contributed by atoms with Gasteiger partial charge in [0.15, 0.2) is 16.3 Å². The number of nitrogens with zero attached hydrogens (tertiary/aromatic N) is 3. The van der Waals surface area contributed by atoms with Gasteiger partial charge < -0.3 is 14.2 Å². The summed E-state index contributed by atoms with van der Waals surface area (Å²) in [4.78, 5) is 35.9. The van der Waals surface area contributed by atoms with E-state index in [0.717, 1.165) is 5.56 Å². The second-order valence-corrected chi connectivity index (χ2v) is 9.18. The Bertz CT molecular complexity index is 1460. The lowest BCUT2D eigenvalue weighted by Crippen LogP contribution is -2.40. The van der Waals surface area contributed by atoms with Gasteiger partial charge in [0, 0.05) is 16.9 Å². The zero-order chi connectivity index (χ0) is 24.4. The van der Waals surface area contributed by atoms with Crippen LogP contribution in [0.5, 0.6) is 11.5 Å². The number of carbonyl (C=O) groups excluding carboxylic acids is 1. The molecule has 0 saturated heterocycles. The van der Waals surface area contributed by atoms with Gasteiger partial charge >= 0.3 is 5.97 Å². The van der Waals surface area contributed by atoms with Crippen LogP contribution in [0.2, 0.25) is 0 Å². The van der Waals surface area contributed by atoms with Gasteiger partial charge in [-0.3, -0.25) is 14.3 Å². The van der Waals surface area contributed by atoms with E-state index in [2.05, 4.69) is 25.9 Å². The van der Waals surface area contributed by atoms with Crippen LogP contribution in [-0.4, -0.2) is 36.3 Å². The van der Waals surface area contributed by atoms with E-state index >= 15 is 0 Å². The first-order valence-electron chi connectivity index (χ1n) is 10.4. The van der Waals surface area contributed by atoms with Crippen LogP contribution in [-0.2, 0) is 9.53 Å². The maximum absolute atomic E-state index is 13.6. The monoisotopic (exact) mass is 543 g/mol. The molecule has 0 N–H and O–H groups in total. The van der Waals surface area contributed by atoms with Gasteiger partial charge in [-0.15, -0.1) is 0 Å². The summed E-state index contributed by atoms with van der Waals surface area (Å²) in [7, 11) is 3.07. The van der Waals surface area contributed by atoms with Crippen LogP contribution in [0.25, 0.3) is 6.08 Å².